The van der Waals surface area contributed by atoms with Crippen LogP contribution in [0.3, 0.4) is 0 Å². The number of hydrogen-bond acceptors (Lipinski definition) is 3. The number of anilines is 1. The molecular weight excluding hydrogens is 178 g/mol. The highest BCUT2D eigenvalue weighted by Gasteiger charge is 2.13. The molecule has 4 heteroatoms. The summed E-state index contributed by atoms with van der Waals surface area (Å²) in [5.74, 6) is 1.36. The molecule has 4 nitrogen and oxygen atoms in total. The summed E-state index contributed by atoms with van der Waals surface area (Å²) >= 11 is 0. The molecule has 0 radical (unpaired) electrons. The van der Waals surface area contributed by atoms with Gasteiger partial charge in [0.1, 0.15) is 11.5 Å². The fourth-order valence-corrected chi connectivity index (χ4v) is 1.39. The Morgan fingerprint density at radius 2 is 2.29 bits per heavy atom. The Hall–Kier alpha value is -1.71. The fourth-order valence-electron chi connectivity index (χ4n) is 1.39. The Kier molecular flexibility index (Phi) is 2.04. The van der Waals surface area contributed by atoms with E-state index in [1.165, 1.54) is 0 Å². The van der Waals surface area contributed by atoms with Crippen LogP contribution in [0.5, 0.6) is 0 Å². The summed E-state index contributed by atoms with van der Waals surface area (Å²) in [6.07, 6.45) is 3.35. The maximum Gasteiger partial charge on any atom is 0.156 e. The van der Waals surface area contributed by atoms with Gasteiger partial charge in [0.05, 0.1) is 12.6 Å². The van der Waals surface area contributed by atoms with Crippen molar-refractivity contribution in [1.82, 2.24) is 9.55 Å². The molecule has 0 atom stereocenters. The van der Waals surface area contributed by atoms with Crippen molar-refractivity contribution in [2.75, 3.05) is 5.73 Å². The third kappa shape index (κ3) is 1.28. The van der Waals surface area contributed by atoms with Crippen LogP contribution >= 0.6 is 0 Å². The molecule has 2 heterocycles. The van der Waals surface area contributed by atoms with Crippen LogP contribution in [0.4, 0.5) is 5.82 Å². The van der Waals surface area contributed by atoms with Crippen LogP contribution in [-0.4, -0.2) is 9.55 Å². The lowest BCUT2D eigenvalue weighted by atomic mass is 10.3. The van der Waals surface area contributed by atoms with Gasteiger partial charge in [-0.1, -0.05) is 0 Å². The maximum atomic E-state index is 5.94. The Bertz CT molecular complexity index is 415. The lowest BCUT2D eigenvalue weighted by Gasteiger charge is -2.08. The molecule has 0 unspecified atom stereocenters. The summed E-state index contributed by atoms with van der Waals surface area (Å²) < 4.78 is 7.15. The molecule has 14 heavy (non-hydrogen) atoms. The van der Waals surface area contributed by atoms with Crippen LogP contribution in [-0.2, 0) is 0 Å². The first-order valence-corrected chi connectivity index (χ1v) is 4.56. The number of rotatable bonds is 2. The van der Waals surface area contributed by atoms with Crippen LogP contribution in [0.2, 0.25) is 0 Å². The zero-order valence-corrected chi connectivity index (χ0v) is 8.27. The van der Waals surface area contributed by atoms with Crippen molar-refractivity contribution in [1.29, 1.82) is 0 Å². The number of furan rings is 1. The fraction of sp³-hybridized carbons (Fsp3) is 0.300. The van der Waals surface area contributed by atoms with E-state index in [1.54, 1.807) is 12.6 Å². The Morgan fingerprint density at radius 3 is 2.79 bits per heavy atom. The Labute approximate surface area is 82.4 Å². The van der Waals surface area contributed by atoms with Gasteiger partial charge in [-0.3, -0.25) is 0 Å². The van der Waals surface area contributed by atoms with Gasteiger partial charge in [0.2, 0.25) is 0 Å². The number of nitrogens with zero attached hydrogens (tertiary/aromatic N) is 2. The van der Waals surface area contributed by atoms with E-state index in [0.717, 1.165) is 0 Å². The molecule has 0 amide bonds. The molecule has 0 aliphatic heterocycles. The second-order valence-electron chi connectivity index (χ2n) is 3.46. The van der Waals surface area contributed by atoms with Gasteiger partial charge in [0.25, 0.3) is 0 Å². The minimum Gasteiger partial charge on any atom is -0.463 e. The van der Waals surface area contributed by atoms with Crippen molar-refractivity contribution in [2.24, 2.45) is 0 Å². The first-order chi connectivity index (χ1) is 6.70. The third-order valence-electron chi connectivity index (χ3n) is 2.14. The van der Waals surface area contributed by atoms with Crippen molar-refractivity contribution in [2.45, 2.75) is 19.9 Å². The average Bonchev–Trinajstić information content (AvgIpc) is 2.71. The zero-order valence-electron chi connectivity index (χ0n) is 8.27. The zero-order chi connectivity index (χ0) is 10.1. The van der Waals surface area contributed by atoms with Crippen LogP contribution in [0.15, 0.2) is 29.1 Å². The van der Waals surface area contributed by atoms with E-state index in [9.17, 15) is 0 Å². The number of imidazole rings is 1. The van der Waals surface area contributed by atoms with Gasteiger partial charge < -0.3 is 14.7 Å². The monoisotopic (exact) mass is 191 g/mol. The largest absolute Gasteiger partial charge is 0.463 e. The smallest absolute Gasteiger partial charge is 0.156 e. The van der Waals surface area contributed by atoms with E-state index in [0.29, 0.717) is 23.3 Å². The Morgan fingerprint density at radius 1 is 1.50 bits per heavy atom. The highest BCUT2D eigenvalue weighted by atomic mass is 16.3. The summed E-state index contributed by atoms with van der Waals surface area (Å²) in [5, 5.41) is 0. The van der Waals surface area contributed by atoms with E-state index >= 15 is 0 Å². The van der Waals surface area contributed by atoms with Crippen LogP contribution < -0.4 is 5.73 Å². The maximum absolute atomic E-state index is 5.94. The SMILES string of the molecule is CC(C)n1cnc(-c2ccco2)c1N. The molecule has 0 bridgehead atoms. The molecule has 0 aliphatic carbocycles. The molecule has 0 aromatic carbocycles. The van der Waals surface area contributed by atoms with Gasteiger partial charge in [0.15, 0.2) is 5.76 Å². The van der Waals surface area contributed by atoms with Gasteiger partial charge in [-0.25, -0.2) is 4.98 Å². The predicted octanol–water partition coefficient (Wildman–Crippen LogP) is 2.31. The highest BCUT2D eigenvalue weighted by Crippen LogP contribution is 2.26. The molecule has 2 aromatic rings. The van der Waals surface area contributed by atoms with Gasteiger partial charge in [-0.2, -0.15) is 0 Å². The van der Waals surface area contributed by atoms with Crippen LogP contribution in [0.25, 0.3) is 11.5 Å². The second-order valence-corrected chi connectivity index (χ2v) is 3.46. The molecule has 0 fully saturated rings. The molecule has 0 spiro atoms. The lowest BCUT2D eigenvalue weighted by molar-refractivity contribution is 0.580. The molecule has 0 saturated carbocycles. The molecule has 2 N–H and O–H groups in total. The number of aromatic nitrogens is 2. The van der Waals surface area contributed by atoms with Crippen molar-refractivity contribution in [3.05, 3.63) is 24.7 Å². The standard InChI is InChI=1S/C10H13N3O/c1-7(2)13-6-12-9(10(13)11)8-4-3-5-14-8/h3-7H,11H2,1-2H3. The summed E-state index contributed by atoms with van der Waals surface area (Å²) in [5.41, 5.74) is 6.65. The van der Waals surface area contributed by atoms with E-state index in [1.807, 2.05) is 16.7 Å². The second kappa shape index (κ2) is 3.21. The summed E-state index contributed by atoms with van der Waals surface area (Å²) in [4.78, 5) is 4.22. The molecule has 2 rings (SSSR count). The van der Waals surface area contributed by atoms with Gasteiger partial charge in [-0.15, -0.1) is 0 Å². The third-order valence-corrected chi connectivity index (χ3v) is 2.14. The average molecular weight is 191 g/mol. The topological polar surface area (TPSA) is 57.0 Å². The van der Waals surface area contributed by atoms with E-state index < -0.39 is 0 Å². The predicted molar refractivity (Wildman–Crippen MR) is 54.7 cm³/mol. The first kappa shape index (κ1) is 8.87. The van der Waals surface area contributed by atoms with E-state index in [4.69, 9.17) is 10.2 Å². The van der Waals surface area contributed by atoms with Crippen LogP contribution in [0.1, 0.15) is 19.9 Å². The van der Waals surface area contributed by atoms with E-state index in [-0.39, 0.29) is 0 Å². The number of nitrogen functional groups attached to an aromatic ring is 1. The molecule has 2 aromatic heterocycles. The minimum atomic E-state index is 0.311. The highest BCUT2D eigenvalue weighted by molar-refractivity contribution is 5.65. The minimum absolute atomic E-state index is 0.311. The van der Waals surface area contributed by atoms with Gasteiger partial charge in [-0.05, 0) is 26.0 Å². The van der Waals surface area contributed by atoms with Crippen molar-refractivity contribution < 1.29 is 4.42 Å². The number of nitrogens with two attached hydrogens (primary N) is 1. The molecule has 74 valence electrons. The summed E-state index contributed by atoms with van der Waals surface area (Å²) in [6, 6.07) is 3.98. The lowest BCUT2D eigenvalue weighted by Crippen LogP contribution is -2.03. The quantitative estimate of drug-likeness (QED) is 0.792. The van der Waals surface area contributed by atoms with Crippen molar-refractivity contribution >= 4 is 5.82 Å². The summed E-state index contributed by atoms with van der Waals surface area (Å²) in [6.45, 7) is 4.12. The summed E-state index contributed by atoms with van der Waals surface area (Å²) in [7, 11) is 0. The number of hydrogen-bond donors (Lipinski definition) is 1. The van der Waals surface area contributed by atoms with Gasteiger partial charge in [0, 0.05) is 6.04 Å². The van der Waals surface area contributed by atoms with Crippen molar-refractivity contribution in [3.63, 3.8) is 0 Å². The Balaban J connectivity index is 2.47. The molecular formula is C10H13N3O. The van der Waals surface area contributed by atoms with Gasteiger partial charge >= 0.3 is 0 Å². The first-order valence-electron chi connectivity index (χ1n) is 4.56. The van der Waals surface area contributed by atoms with Crippen LogP contribution in [0, 0.1) is 0 Å². The molecule has 0 saturated heterocycles. The molecule has 0 aliphatic rings. The van der Waals surface area contributed by atoms with E-state index in [2.05, 4.69) is 18.8 Å². The van der Waals surface area contributed by atoms with Crippen molar-refractivity contribution in [3.8, 4) is 11.5 Å². The normalized spacial score (nSPS) is 11.1.